The topological polar surface area (TPSA) is 9.23 Å². The number of hydrogen-bond acceptors (Lipinski definition) is 1. The zero-order chi connectivity index (χ0) is 4.74. The molecule has 1 nitrogen and oxygen atoms in total. The van der Waals surface area contributed by atoms with Crippen LogP contribution >= 0.6 is 0 Å². The largest absolute Gasteiger partial charge is 0.374 e. The first-order chi connectivity index (χ1) is 3.41. The number of rotatable bonds is 0. The Kier molecular flexibility index (Phi) is 0.571. The maximum Gasteiger partial charge on any atom is 0.0921 e. The van der Waals surface area contributed by atoms with E-state index in [-0.39, 0.29) is 0 Å². The van der Waals surface area contributed by atoms with Crippen molar-refractivity contribution in [3.8, 4) is 0 Å². The molecule has 1 saturated carbocycles. The standard InChI is InChI=1S/C6H9O/c1-2-6(3-1)4-7-5-6/h4H,1-3,5H2. The van der Waals surface area contributed by atoms with Crippen LogP contribution in [0.1, 0.15) is 19.3 Å². The highest BCUT2D eigenvalue weighted by Crippen LogP contribution is 2.49. The van der Waals surface area contributed by atoms with Gasteiger partial charge < -0.3 is 4.74 Å². The summed E-state index contributed by atoms with van der Waals surface area (Å²) in [5.41, 5.74) is 0.597. The Morgan fingerprint density at radius 2 is 2.14 bits per heavy atom. The molecule has 1 radical (unpaired) electrons. The summed E-state index contributed by atoms with van der Waals surface area (Å²) in [6.45, 7) is 3.02. The maximum absolute atomic E-state index is 4.96. The summed E-state index contributed by atoms with van der Waals surface area (Å²) in [6.07, 6.45) is 4.18. The quantitative estimate of drug-likeness (QED) is 0.443. The SMILES string of the molecule is [CH]1OCC12CCC2. The summed E-state index contributed by atoms with van der Waals surface area (Å²) >= 11 is 0. The van der Waals surface area contributed by atoms with E-state index >= 15 is 0 Å². The van der Waals surface area contributed by atoms with Gasteiger partial charge in [-0.15, -0.1) is 0 Å². The lowest BCUT2D eigenvalue weighted by molar-refractivity contribution is -0.0976. The Morgan fingerprint density at radius 1 is 1.43 bits per heavy atom. The molecule has 1 heteroatoms. The summed E-state index contributed by atoms with van der Waals surface area (Å²) in [4.78, 5) is 0. The lowest BCUT2D eigenvalue weighted by Gasteiger charge is -2.47. The molecule has 1 saturated heterocycles. The van der Waals surface area contributed by atoms with Crippen molar-refractivity contribution in [1.29, 1.82) is 0 Å². The van der Waals surface area contributed by atoms with Crippen LogP contribution in [0.5, 0.6) is 0 Å². The third kappa shape index (κ3) is 0.367. The molecule has 39 valence electrons. The normalized spacial score (nSPS) is 34.3. The summed E-state index contributed by atoms with van der Waals surface area (Å²) in [7, 11) is 0. The molecule has 2 rings (SSSR count). The molecule has 0 aromatic rings. The smallest absolute Gasteiger partial charge is 0.0921 e. The van der Waals surface area contributed by atoms with Crippen molar-refractivity contribution in [2.75, 3.05) is 6.61 Å². The Hall–Kier alpha value is -0.0400. The van der Waals surface area contributed by atoms with Crippen LogP contribution in [0.25, 0.3) is 0 Å². The van der Waals surface area contributed by atoms with Crippen LogP contribution in [0.3, 0.4) is 0 Å². The van der Waals surface area contributed by atoms with Gasteiger partial charge in [-0.2, -0.15) is 0 Å². The van der Waals surface area contributed by atoms with Crippen LogP contribution in [-0.2, 0) is 4.74 Å². The van der Waals surface area contributed by atoms with Gasteiger partial charge in [0.15, 0.2) is 0 Å². The van der Waals surface area contributed by atoms with E-state index in [4.69, 9.17) is 4.74 Å². The molecule has 2 fully saturated rings. The van der Waals surface area contributed by atoms with Crippen LogP contribution in [0.15, 0.2) is 0 Å². The fourth-order valence-corrected chi connectivity index (χ4v) is 1.21. The van der Waals surface area contributed by atoms with Crippen molar-refractivity contribution in [3.05, 3.63) is 6.61 Å². The van der Waals surface area contributed by atoms with Crippen LogP contribution in [-0.4, -0.2) is 6.61 Å². The third-order valence-corrected chi connectivity index (χ3v) is 2.05. The molecule has 0 N–H and O–H groups in total. The minimum Gasteiger partial charge on any atom is -0.374 e. The van der Waals surface area contributed by atoms with Gasteiger partial charge in [0.1, 0.15) is 0 Å². The average Bonchev–Trinajstić information content (AvgIpc) is 1.20. The Bertz CT molecular complexity index is 64.7. The highest BCUT2D eigenvalue weighted by Gasteiger charge is 2.44. The van der Waals surface area contributed by atoms with E-state index in [2.05, 4.69) is 0 Å². The molecule has 1 spiro atoms. The molecule has 0 atom stereocenters. The van der Waals surface area contributed by atoms with E-state index in [1.165, 1.54) is 19.3 Å². The zero-order valence-electron chi connectivity index (χ0n) is 4.31. The van der Waals surface area contributed by atoms with E-state index in [1.807, 2.05) is 6.61 Å². The van der Waals surface area contributed by atoms with E-state index in [9.17, 15) is 0 Å². The Labute approximate surface area is 43.7 Å². The molecule has 0 bridgehead atoms. The fraction of sp³-hybridized carbons (Fsp3) is 0.833. The second kappa shape index (κ2) is 1.03. The zero-order valence-corrected chi connectivity index (χ0v) is 4.31. The molecule has 0 amide bonds. The van der Waals surface area contributed by atoms with Gasteiger partial charge >= 0.3 is 0 Å². The van der Waals surface area contributed by atoms with Gasteiger partial charge in [0.2, 0.25) is 0 Å². The Balaban J connectivity index is 2.00. The molecular weight excluding hydrogens is 88.1 g/mol. The van der Waals surface area contributed by atoms with Crippen molar-refractivity contribution in [3.63, 3.8) is 0 Å². The van der Waals surface area contributed by atoms with Crippen LogP contribution in [0.2, 0.25) is 0 Å². The first kappa shape index (κ1) is 3.90. The highest BCUT2D eigenvalue weighted by atomic mass is 16.5. The van der Waals surface area contributed by atoms with Crippen molar-refractivity contribution in [2.24, 2.45) is 5.41 Å². The highest BCUT2D eigenvalue weighted by molar-refractivity contribution is 5.00. The van der Waals surface area contributed by atoms with Gasteiger partial charge in [-0.1, -0.05) is 6.42 Å². The van der Waals surface area contributed by atoms with Gasteiger partial charge in [-0.25, -0.2) is 0 Å². The van der Waals surface area contributed by atoms with Crippen molar-refractivity contribution in [1.82, 2.24) is 0 Å². The Morgan fingerprint density at radius 3 is 2.14 bits per heavy atom. The van der Waals surface area contributed by atoms with Crippen LogP contribution in [0, 0.1) is 12.0 Å². The average molecular weight is 97.1 g/mol. The van der Waals surface area contributed by atoms with E-state index in [0.717, 1.165) is 6.61 Å². The molecule has 0 unspecified atom stereocenters. The first-order valence-corrected chi connectivity index (χ1v) is 2.87. The van der Waals surface area contributed by atoms with E-state index < -0.39 is 0 Å². The molecule has 1 aliphatic heterocycles. The van der Waals surface area contributed by atoms with Crippen molar-refractivity contribution in [2.45, 2.75) is 19.3 Å². The molecule has 1 aliphatic carbocycles. The summed E-state index contributed by atoms with van der Waals surface area (Å²) in [5.74, 6) is 0. The summed E-state index contributed by atoms with van der Waals surface area (Å²) in [6, 6.07) is 0. The van der Waals surface area contributed by atoms with Gasteiger partial charge in [-0.3, -0.25) is 0 Å². The first-order valence-electron chi connectivity index (χ1n) is 2.87. The summed E-state index contributed by atoms with van der Waals surface area (Å²) in [5, 5.41) is 0. The van der Waals surface area contributed by atoms with E-state index in [1.54, 1.807) is 0 Å². The van der Waals surface area contributed by atoms with Gasteiger partial charge in [-0.05, 0) is 12.8 Å². The van der Waals surface area contributed by atoms with Crippen LogP contribution in [0.4, 0.5) is 0 Å². The summed E-state index contributed by atoms with van der Waals surface area (Å²) < 4.78 is 4.96. The van der Waals surface area contributed by atoms with E-state index in [0.29, 0.717) is 5.41 Å². The van der Waals surface area contributed by atoms with Gasteiger partial charge in [0.25, 0.3) is 0 Å². The minimum atomic E-state index is 0.597. The second-order valence-corrected chi connectivity index (χ2v) is 2.64. The van der Waals surface area contributed by atoms with Gasteiger partial charge in [0, 0.05) is 5.41 Å². The van der Waals surface area contributed by atoms with Crippen molar-refractivity contribution >= 4 is 0 Å². The van der Waals surface area contributed by atoms with Crippen LogP contribution < -0.4 is 0 Å². The predicted molar refractivity (Wildman–Crippen MR) is 26.5 cm³/mol. The van der Waals surface area contributed by atoms with Gasteiger partial charge in [0.05, 0.1) is 13.2 Å². The lowest BCUT2D eigenvalue weighted by Crippen LogP contribution is -2.43. The number of hydrogen-bond donors (Lipinski definition) is 0. The fourth-order valence-electron chi connectivity index (χ4n) is 1.21. The third-order valence-electron chi connectivity index (χ3n) is 2.05. The van der Waals surface area contributed by atoms with Crippen molar-refractivity contribution < 1.29 is 4.74 Å². The molecule has 0 aromatic heterocycles. The second-order valence-electron chi connectivity index (χ2n) is 2.64. The molecule has 1 heterocycles. The number of ether oxygens (including phenoxy) is 1. The molecule has 0 aromatic carbocycles. The minimum absolute atomic E-state index is 0.597. The predicted octanol–water partition coefficient (Wildman–Crippen LogP) is 1.35. The molecule has 2 aliphatic rings. The molecular formula is C6H9O. The molecule has 7 heavy (non-hydrogen) atoms. The maximum atomic E-state index is 4.96. The lowest BCUT2D eigenvalue weighted by atomic mass is 9.67. The monoisotopic (exact) mass is 97.1 g/mol.